The Labute approximate surface area is 94.2 Å². The molecule has 0 aromatic carbocycles. The molecule has 0 spiro atoms. The summed E-state index contributed by atoms with van der Waals surface area (Å²) in [6.07, 6.45) is 1.58. The van der Waals surface area contributed by atoms with Crippen molar-refractivity contribution in [3.63, 3.8) is 0 Å². The number of nitrogens with zero attached hydrogens (tertiary/aromatic N) is 1. The lowest BCUT2D eigenvalue weighted by molar-refractivity contribution is -0.0393. The van der Waals surface area contributed by atoms with Crippen LogP contribution in [0.15, 0.2) is 0 Å². The molecular weight excluding hydrogens is 188 g/mol. The van der Waals surface area contributed by atoms with E-state index in [0.717, 1.165) is 39.2 Å². The highest BCUT2D eigenvalue weighted by molar-refractivity contribution is 4.79. The van der Waals surface area contributed by atoms with Crippen molar-refractivity contribution in [1.82, 2.24) is 10.2 Å². The predicted octanol–water partition coefficient (Wildman–Crippen LogP) is 1.34. The molecule has 0 radical (unpaired) electrons. The lowest BCUT2D eigenvalue weighted by Gasteiger charge is -2.37. The lowest BCUT2D eigenvalue weighted by Crippen LogP contribution is -2.47. The summed E-state index contributed by atoms with van der Waals surface area (Å²) in [5.41, 5.74) is 0.352. The van der Waals surface area contributed by atoms with Crippen molar-refractivity contribution < 1.29 is 4.74 Å². The van der Waals surface area contributed by atoms with Crippen molar-refractivity contribution in [2.45, 2.75) is 33.3 Å². The van der Waals surface area contributed by atoms with Gasteiger partial charge in [-0.05, 0) is 18.9 Å². The van der Waals surface area contributed by atoms with Crippen molar-refractivity contribution >= 4 is 0 Å². The van der Waals surface area contributed by atoms with E-state index in [4.69, 9.17) is 4.74 Å². The molecule has 3 heteroatoms. The second-order valence-corrected chi connectivity index (χ2v) is 5.33. The van der Waals surface area contributed by atoms with Gasteiger partial charge in [-0.1, -0.05) is 20.8 Å². The van der Waals surface area contributed by atoms with E-state index in [0.29, 0.717) is 11.5 Å². The van der Waals surface area contributed by atoms with E-state index in [2.05, 4.69) is 31.0 Å². The Morgan fingerprint density at radius 3 is 2.80 bits per heavy atom. The first-order chi connectivity index (χ1) is 7.07. The Morgan fingerprint density at radius 2 is 2.20 bits per heavy atom. The minimum absolute atomic E-state index is 0.352. The number of rotatable bonds is 5. The molecule has 1 fully saturated rings. The minimum atomic E-state index is 0.352. The summed E-state index contributed by atoms with van der Waals surface area (Å²) in [7, 11) is 2.02. The maximum atomic E-state index is 5.67. The van der Waals surface area contributed by atoms with Gasteiger partial charge in [-0.3, -0.25) is 4.90 Å². The molecule has 90 valence electrons. The first kappa shape index (κ1) is 12.9. The molecule has 1 saturated heterocycles. The minimum Gasteiger partial charge on any atom is -0.376 e. The third kappa shape index (κ3) is 4.49. The smallest absolute Gasteiger partial charge is 0.0700 e. The van der Waals surface area contributed by atoms with Crippen LogP contribution in [0.1, 0.15) is 27.2 Å². The number of nitrogens with one attached hydrogen (secondary N) is 1. The van der Waals surface area contributed by atoms with E-state index >= 15 is 0 Å². The average Bonchev–Trinajstić information content (AvgIpc) is 2.17. The maximum absolute atomic E-state index is 5.67. The van der Waals surface area contributed by atoms with Crippen LogP contribution in [0.5, 0.6) is 0 Å². The van der Waals surface area contributed by atoms with Gasteiger partial charge in [-0.2, -0.15) is 0 Å². The largest absolute Gasteiger partial charge is 0.376 e. The third-order valence-corrected chi connectivity index (χ3v) is 2.99. The van der Waals surface area contributed by atoms with Crippen LogP contribution in [-0.4, -0.2) is 50.8 Å². The average molecular weight is 214 g/mol. The molecule has 0 saturated carbocycles. The van der Waals surface area contributed by atoms with E-state index in [1.807, 2.05) is 7.05 Å². The normalized spacial score (nSPS) is 24.4. The number of ether oxygens (including phenoxy) is 1. The highest BCUT2D eigenvalue weighted by Crippen LogP contribution is 2.18. The van der Waals surface area contributed by atoms with Gasteiger partial charge in [0.1, 0.15) is 0 Å². The summed E-state index contributed by atoms with van der Waals surface area (Å²) in [6.45, 7) is 12.2. The number of hydrogen-bond acceptors (Lipinski definition) is 3. The molecule has 0 aliphatic carbocycles. The molecule has 0 amide bonds. The summed E-state index contributed by atoms with van der Waals surface area (Å²) in [5, 5.41) is 3.26. The van der Waals surface area contributed by atoms with Crippen LogP contribution in [0.4, 0.5) is 0 Å². The zero-order valence-electron chi connectivity index (χ0n) is 10.7. The summed E-state index contributed by atoms with van der Waals surface area (Å²) in [5.74, 6) is 0. The van der Waals surface area contributed by atoms with Crippen LogP contribution in [0, 0.1) is 5.41 Å². The molecule has 1 aliphatic heterocycles. The maximum Gasteiger partial charge on any atom is 0.0700 e. The van der Waals surface area contributed by atoms with Crippen molar-refractivity contribution in [2.75, 3.05) is 39.8 Å². The molecule has 1 N–H and O–H groups in total. The lowest BCUT2D eigenvalue weighted by atomic mass is 9.92. The van der Waals surface area contributed by atoms with E-state index in [1.165, 1.54) is 0 Å². The summed E-state index contributed by atoms with van der Waals surface area (Å²) in [6, 6.07) is 0. The topological polar surface area (TPSA) is 24.5 Å². The molecular formula is C12H26N2O. The van der Waals surface area contributed by atoms with Gasteiger partial charge in [0.15, 0.2) is 0 Å². The highest BCUT2D eigenvalue weighted by Gasteiger charge is 2.25. The molecule has 0 aromatic heterocycles. The molecule has 1 atom stereocenters. The van der Waals surface area contributed by atoms with Crippen molar-refractivity contribution in [3.8, 4) is 0 Å². The number of morpholine rings is 1. The molecule has 1 rings (SSSR count). The molecule has 3 nitrogen and oxygen atoms in total. The first-order valence-electron chi connectivity index (χ1n) is 6.06. The SMILES string of the molecule is CCC1CN(CC(C)(C)CNC)CCO1. The summed E-state index contributed by atoms with van der Waals surface area (Å²) < 4.78 is 5.67. The molecule has 1 aliphatic rings. The van der Waals surface area contributed by atoms with Crippen molar-refractivity contribution in [3.05, 3.63) is 0 Å². The van der Waals surface area contributed by atoms with Gasteiger partial charge in [0, 0.05) is 26.2 Å². The third-order valence-electron chi connectivity index (χ3n) is 2.99. The van der Waals surface area contributed by atoms with Gasteiger partial charge < -0.3 is 10.1 Å². The first-order valence-corrected chi connectivity index (χ1v) is 6.06. The monoisotopic (exact) mass is 214 g/mol. The van der Waals surface area contributed by atoms with Crippen LogP contribution in [0.3, 0.4) is 0 Å². The fraction of sp³-hybridized carbons (Fsp3) is 1.00. The zero-order chi connectivity index (χ0) is 11.3. The van der Waals surface area contributed by atoms with E-state index in [1.54, 1.807) is 0 Å². The number of hydrogen-bond donors (Lipinski definition) is 1. The van der Waals surface area contributed by atoms with E-state index in [-0.39, 0.29) is 0 Å². The Hall–Kier alpha value is -0.120. The van der Waals surface area contributed by atoms with Crippen LogP contribution in [-0.2, 0) is 4.74 Å². The Bertz CT molecular complexity index is 182. The quantitative estimate of drug-likeness (QED) is 0.747. The standard InChI is InChI=1S/C12H26N2O/c1-5-11-8-14(6-7-15-11)10-12(2,3)9-13-4/h11,13H,5-10H2,1-4H3. The molecule has 0 aromatic rings. The highest BCUT2D eigenvalue weighted by atomic mass is 16.5. The Balaban J connectivity index is 2.36. The van der Waals surface area contributed by atoms with Gasteiger partial charge in [-0.15, -0.1) is 0 Å². The van der Waals surface area contributed by atoms with Gasteiger partial charge in [0.2, 0.25) is 0 Å². The van der Waals surface area contributed by atoms with Gasteiger partial charge in [0.05, 0.1) is 12.7 Å². The molecule has 15 heavy (non-hydrogen) atoms. The van der Waals surface area contributed by atoms with Gasteiger partial charge >= 0.3 is 0 Å². The van der Waals surface area contributed by atoms with Gasteiger partial charge in [0.25, 0.3) is 0 Å². The molecule has 1 unspecified atom stereocenters. The van der Waals surface area contributed by atoms with Crippen LogP contribution < -0.4 is 5.32 Å². The second-order valence-electron chi connectivity index (χ2n) is 5.33. The van der Waals surface area contributed by atoms with Gasteiger partial charge in [-0.25, -0.2) is 0 Å². The molecule has 0 bridgehead atoms. The van der Waals surface area contributed by atoms with Crippen molar-refractivity contribution in [2.24, 2.45) is 5.41 Å². The second kappa shape index (κ2) is 5.83. The van der Waals surface area contributed by atoms with E-state index in [9.17, 15) is 0 Å². The Kier molecular flexibility index (Phi) is 5.03. The Morgan fingerprint density at radius 1 is 1.47 bits per heavy atom. The van der Waals surface area contributed by atoms with Crippen molar-refractivity contribution in [1.29, 1.82) is 0 Å². The van der Waals surface area contributed by atoms with Crippen LogP contribution in [0.25, 0.3) is 0 Å². The molecule has 1 heterocycles. The summed E-state index contributed by atoms with van der Waals surface area (Å²) in [4.78, 5) is 2.54. The summed E-state index contributed by atoms with van der Waals surface area (Å²) >= 11 is 0. The van der Waals surface area contributed by atoms with Crippen LogP contribution >= 0.6 is 0 Å². The predicted molar refractivity (Wildman–Crippen MR) is 64.2 cm³/mol. The van der Waals surface area contributed by atoms with Crippen LogP contribution in [0.2, 0.25) is 0 Å². The van der Waals surface area contributed by atoms with E-state index < -0.39 is 0 Å². The fourth-order valence-corrected chi connectivity index (χ4v) is 2.31. The fourth-order valence-electron chi connectivity index (χ4n) is 2.31. The zero-order valence-corrected chi connectivity index (χ0v) is 10.7.